The van der Waals surface area contributed by atoms with Crippen LogP contribution in [0.25, 0.3) is 10.9 Å². The number of H-pyrrole nitrogens is 1. The molecule has 2 aromatic rings. The van der Waals surface area contributed by atoms with Gasteiger partial charge in [-0.05, 0) is 31.4 Å². The first-order valence-corrected chi connectivity index (χ1v) is 6.63. The second kappa shape index (κ2) is 6.01. The van der Waals surface area contributed by atoms with Crippen molar-refractivity contribution in [3.63, 3.8) is 0 Å². The zero-order chi connectivity index (χ0) is 13.0. The van der Waals surface area contributed by atoms with Crippen LogP contribution < -0.4 is 5.32 Å². The third-order valence-corrected chi connectivity index (χ3v) is 3.33. The molecule has 2 nitrogen and oxygen atoms in total. The summed E-state index contributed by atoms with van der Waals surface area (Å²) in [7, 11) is 0. The molecular weight excluding hydrogens is 227 g/mol. The maximum Gasteiger partial charge on any atom is 0.112 e. The Morgan fingerprint density at radius 3 is 2.89 bits per heavy atom. The van der Waals surface area contributed by atoms with E-state index in [1.165, 1.54) is 10.9 Å². The van der Waals surface area contributed by atoms with Gasteiger partial charge in [-0.25, -0.2) is 4.39 Å². The summed E-state index contributed by atoms with van der Waals surface area (Å²) in [5.41, 5.74) is 2.45. The van der Waals surface area contributed by atoms with Gasteiger partial charge >= 0.3 is 0 Å². The Balaban J connectivity index is 1.96. The fraction of sp³-hybridized carbons (Fsp3) is 0.467. The quantitative estimate of drug-likeness (QED) is 0.805. The van der Waals surface area contributed by atoms with Crippen molar-refractivity contribution in [2.45, 2.75) is 38.9 Å². The normalized spacial score (nSPS) is 14.8. The molecule has 0 aliphatic carbocycles. The standard InChI is InChI=1S/C15H21FN2/c1-3-13(16)10-17-11(2)8-12-9-18-15-7-5-4-6-14(12)15/h4-7,9,11,13,17-18H,3,8,10H2,1-2H3/t11-,13?/m1/s1. The molecule has 2 N–H and O–H groups in total. The predicted molar refractivity (Wildman–Crippen MR) is 74.7 cm³/mol. The van der Waals surface area contributed by atoms with E-state index in [9.17, 15) is 4.39 Å². The summed E-state index contributed by atoms with van der Waals surface area (Å²) in [4.78, 5) is 3.27. The predicted octanol–water partition coefficient (Wildman–Crippen LogP) is 3.44. The van der Waals surface area contributed by atoms with Crippen molar-refractivity contribution in [3.05, 3.63) is 36.0 Å². The summed E-state index contributed by atoms with van der Waals surface area (Å²) in [5, 5.41) is 4.51. The van der Waals surface area contributed by atoms with Crippen molar-refractivity contribution in [1.82, 2.24) is 10.3 Å². The summed E-state index contributed by atoms with van der Waals surface area (Å²) in [6.07, 6.45) is 2.80. The van der Waals surface area contributed by atoms with E-state index in [4.69, 9.17) is 0 Å². The van der Waals surface area contributed by atoms with Crippen molar-refractivity contribution in [1.29, 1.82) is 0 Å². The third-order valence-electron chi connectivity index (χ3n) is 3.33. The van der Waals surface area contributed by atoms with Gasteiger partial charge in [-0.1, -0.05) is 25.1 Å². The number of rotatable bonds is 6. The van der Waals surface area contributed by atoms with E-state index in [0.29, 0.717) is 13.0 Å². The van der Waals surface area contributed by atoms with Crippen LogP contribution in [-0.4, -0.2) is 23.7 Å². The Morgan fingerprint density at radius 1 is 1.33 bits per heavy atom. The minimum absolute atomic E-state index is 0.286. The van der Waals surface area contributed by atoms with E-state index in [1.54, 1.807) is 0 Å². The first-order chi connectivity index (χ1) is 8.70. The van der Waals surface area contributed by atoms with Gasteiger partial charge in [0, 0.05) is 29.7 Å². The minimum atomic E-state index is -0.740. The molecule has 18 heavy (non-hydrogen) atoms. The molecule has 0 amide bonds. The Labute approximate surface area is 108 Å². The van der Waals surface area contributed by atoms with Crippen LogP contribution in [0.5, 0.6) is 0 Å². The molecule has 1 heterocycles. The van der Waals surface area contributed by atoms with E-state index < -0.39 is 6.17 Å². The first-order valence-electron chi connectivity index (χ1n) is 6.63. The van der Waals surface area contributed by atoms with Crippen LogP contribution in [0.2, 0.25) is 0 Å². The number of benzene rings is 1. The molecule has 0 aliphatic rings. The second-order valence-corrected chi connectivity index (χ2v) is 4.88. The van der Waals surface area contributed by atoms with Gasteiger partial charge in [0.1, 0.15) is 6.17 Å². The summed E-state index contributed by atoms with van der Waals surface area (Å²) in [6.45, 7) is 4.42. The van der Waals surface area contributed by atoms with Gasteiger partial charge in [-0.3, -0.25) is 0 Å². The average molecular weight is 248 g/mol. The van der Waals surface area contributed by atoms with Crippen molar-refractivity contribution in [2.75, 3.05) is 6.54 Å². The molecule has 2 rings (SSSR count). The van der Waals surface area contributed by atoms with Crippen molar-refractivity contribution in [3.8, 4) is 0 Å². The highest BCUT2D eigenvalue weighted by atomic mass is 19.1. The van der Waals surface area contributed by atoms with Crippen LogP contribution in [0.15, 0.2) is 30.5 Å². The monoisotopic (exact) mass is 248 g/mol. The molecule has 1 unspecified atom stereocenters. The molecule has 98 valence electrons. The molecule has 0 aliphatic heterocycles. The van der Waals surface area contributed by atoms with Gasteiger partial charge in [0.15, 0.2) is 0 Å². The summed E-state index contributed by atoms with van der Waals surface area (Å²) in [6, 6.07) is 8.56. The Kier molecular flexibility index (Phi) is 4.37. The molecule has 0 radical (unpaired) electrons. The maximum atomic E-state index is 13.2. The van der Waals surface area contributed by atoms with E-state index in [2.05, 4.69) is 35.6 Å². The van der Waals surface area contributed by atoms with E-state index in [-0.39, 0.29) is 6.04 Å². The maximum absolute atomic E-state index is 13.2. The fourth-order valence-electron chi connectivity index (χ4n) is 2.18. The smallest absolute Gasteiger partial charge is 0.112 e. The molecule has 0 fully saturated rings. The van der Waals surface area contributed by atoms with Crippen molar-refractivity contribution in [2.24, 2.45) is 0 Å². The Hall–Kier alpha value is -1.35. The third kappa shape index (κ3) is 3.10. The number of nitrogens with one attached hydrogen (secondary N) is 2. The lowest BCUT2D eigenvalue weighted by atomic mass is 10.1. The van der Waals surface area contributed by atoms with E-state index in [1.807, 2.05) is 19.1 Å². The van der Waals surface area contributed by atoms with E-state index >= 15 is 0 Å². The number of fused-ring (bicyclic) bond motifs is 1. The summed E-state index contributed by atoms with van der Waals surface area (Å²) < 4.78 is 13.2. The van der Waals surface area contributed by atoms with Crippen molar-refractivity contribution < 1.29 is 4.39 Å². The number of hydrogen-bond donors (Lipinski definition) is 2. The number of hydrogen-bond acceptors (Lipinski definition) is 1. The molecule has 1 aromatic heterocycles. The average Bonchev–Trinajstić information content (AvgIpc) is 2.79. The van der Waals surface area contributed by atoms with Crippen LogP contribution in [0.3, 0.4) is 0 Å². The summed E-state index contributed by atoms with van der Waals surface area (Å²) >= 11 is 0. The van der Waals surface area contributed by atoms with Crippen molar-refractivity contribution >= 4 is 10.9 Å². The Morgan fingerprint density at radius 2 is 2.11 bits per heavy atom. The largest absolute Gasteiger partial charge is 0.361 e. The van der Waals surface area contributed by atoms with Gasteiger partial charge < -0.3 is 10.3 Å². The van der Waals surface area contributed by atoms with Crippen LogP contribution >= 0.6 is 0 Å². The van der Waals surface area contributed by atoms with Crippen LogP contribution in [0, 0.1) is 0 Å². The van der Waals surface area contributed by atoms with Crippen LogP contribution in [0.4, 0.5) is 4.39 Å². The molecular formula is C15H21FN2. The fourth-order valence-corrected chi connectivity index (χ4v) is 2.18. The second-order valence-electron chi connectivity index (χ2n) is 4.88. The number of aromatic nitrogens is 1. The van der Waals surface area contributed by atoms with Gasteiger partial charge in [0.2, 0.25) is 0 Å². The Bertz CT molecular complexity index is 492. The lowest BCUT2D eigenvalue weighted by Gasteiger charge is -2.14. The number of halogens is 1. The molecule has 0 saturated heterocycles. The first kappa shape index (κ1) is 13.1. The SMILES string of the molecule is CCC(F)CN[C@H](C)Cc1c[nH]c2ccccc12. The van der Waals surface area contributed by atoms with Crippen LogP contribution in [0.1, 0.15) is 25.8 Å². The molecule has 0 spiro atoms. The number of alkyl halides is 1. The highest BCUT2D eigenvalue weighted by Gasteiger charge is 2.10. The van der Waals surface area contributed by atoms with Gasteiger partial charge in [-0.15, -0.1) is 0 Å². The van der Waals surface area contributed by atoms with E-state index in [0.717, 1.165) is 11.9 Å². The topological polar surface area (TPSA) is 27.8 Å². The number of aromatic amines is 1. The highest BCUT2D eigenvalue weighted by molar-refractivity contribution is 5.83. The molecule has 0 bridgehead atoms. The number of para-hydroxylation sites is 1. The van der Waals surface area contributed by atoms with Gasteiger partial charge in [-0.2, -0.15) is 0 Å². The lowest BCUT2D eigenvalue weighted by molar-refractivity contribution is 0.300. The molecule has 3 heteroatoms. The highest BCUT2D eigenvalue weighted by Crippen LogP contribution is 2.18. The zero-order valence-electron chi connectivity index (χ0n) is 11.0. The lowest BCUT2D eigenvalue weighted by Crippen LogP contribution is -2.33. The zero-order valence-corrected chi connectivity index (χ0v) is 11.0. The van der Waals surface area contributed by atoms with Crippen LogP contribution in [-0.2, 0) is 6.42 Å². The molecule has 2 atom stereocenters. The van der Waals surface area contributed by atoms with Gasteiger partial charge in [0.25, 0.3) is 0 Å². The molecule has 1 aromatic carbocycles. The molecule has 0 saturated carbocycles. The summed E-state index contributed by atoms with van der Waals surface area (Å²) in [5.74, 6) is 0. The van der Waals surface area contributed by atoms with Gasteiger partial charge in [0.05, 0.1) is 0 Å². The minimum Gasteiger partial charge on any atom is -0.361 e.